The fourth-order valence-electron chi connectivity index (χ4n) is 2.53. The highest BCUT2D eigenvalue weighted by Crippen LogP contribution is 2.33. The van der Waals surface area contributed by atoms with Gasteiger partial charge in [0.2, 0.25) is 0 Å². The molecule has 1 fully saturated rings. The van der Waals surface area contributed by atoms with Gasteiger partial charge in [-0.05, 0) is 12.1 Å². The van der Waals surface area contributed by atoms with Gasteiger partial charge in [-0.25, -0.2) is 9.97 Å². The van der Waals surface area contributed by atoms with Crippen molar-refractivity contribution in [2.75, 3.05) is 18.0 Å². The molecule has 3 aromatic rings. The number of hydrogen-bond acceptors (Lipinski definition) is 4. The lowest BCUT2D eigenvalue weighted by Crippen LogP contribution is -2.48. The van der Waals surface area contributed by atoms with E-state index >= 15 is 0 Å². The zero-order valence-electron chi connectivity index (χ0n) is 10.4. The second-order valence-corrected chi connectivity index (χ2v) is 6.00. The van der Waals surface area contributed by atoms with E-state index in [0.717, 1.165) is 30.3 Å². The van der Waals surface area contributed by atoms with E-state index in [1.807, 2.05) is 24.8 Å². The molecular formula is C14H14N4S. The monoisotopic (exact) mass is 270 g/mol. The Labute approximate surface area is 115 Å². The summed E-state index contributed by atoms with van der Waals surface area (Å²) in [6, 6.07) is 8.34. The third-order valence-corrected chi connectivity index (χ3v) is 4.64. The van der Waals surface area contributed by atoms with Crippen molar-refractivity contribution in [1.29, 1.82) is 0 Å². The van der Waals surface area contributed by atoms with Gasteiger partial charge in [0.15, 0.2) is 5.13 Å². The first-order valence-electron chi connectivity index (χ1n) is 6.45. The Morgan fingerprint density at radius 3 is 2.95 bits per heavy atom. The largest absolute Gasteiger partial charge is 0.347 e. The molecule has 5 heteroatoms. The van der Waals surface area contributed by atoms with Crippen molar-refractivity contribution >= 4 is 26.7 Å². The van der Waals surface area contributed by atoms with Gasteiger partial charge < -0.3 is 9.47 Å². The zero-order chi connectivity index (χ0) is 12.7. The van der Waals surface area contributed by atoms with E-state index in [1.54, 1.807) is 11.3 Å². The molecule has 0 unspecified atom stereocenters. The summed E-state index contributed by atoms with van der Waals surface area (Å²) in [7, 11) is 0. The number of aromatic nitrogens is 3. The van der Waals surface area contributed by atoms with E-state index < -0.39 is 0 Å². The lowest BCUT2D eigenvalue weighted by atomic mass is 10.0. The summed E-state index contributed by atoms with van der Waals surface area (Å²) in [5.74, 6) is 0.709. The van der Waals surface area contributed by atoms with Crippen molar-refractivity contribution in [2.45, 2.75) is 6.54 Å². The van der Waals surface area contributed by atoms with Gasteiger partial charge >= 0.3 is 0 Å². The molecule has 3 heterocycles. The van der Waals surface area contributed by atoms with Crippen LogP contribution in [0.15, 0.2) is 43.0 Å². The highest BCUT2D eigenvalue weighted by molar-refractivity contribution is 7.22. The zero-order valence-corrected chi connectivity index (χ0v) is 11.3. The molecule has 19 heavy (non-hydrogen) atoms. The fourth-order valence-corrected chi connectivity index (χ4v) is 3.51. The van der Waals surface area contributed by atoms with E-state index in [0.29, 0.717) is 5.92 Å². The fraction of sp³-hybridized carbons (Fsp3) is 0.286. The Kier molecular flexibility index (Phi) is 2.51. The lowest BCUT2D eigenvalue weighted by molar-refractivity contribution is 0.357. The third-order valence-electron chi connectivity index (χ3n) is 3.54. The first kappa shape index (κ1) is 11.0. The van der Waals surface area contributed by atoms with Crippen LogP contribution < -0.4 is 4.90 Å². The summed E-state index contributed by atoms with van der Waals surface area (Å²) in [4.78, 5) is 11.1. The van der Waals surface area contributed by atoms with Gasteiger partial charge in [0.25, 0.3) is 0 Å². The van der Waals surface area contributed by atoms with Crippen molar-refractivity contribution in [3.63, 3.8) is 0 Å². The molecule has 96 valence electrons. The molecule has 0 radical (unpaired) electrons. The Balaban J connectivity index is 1.45. The molecule has 0 atom stereocenters. The van der Waals surface area contributed by atoms with Gasteiger partial charge in [-0.15, -0.1) is 0 Å². The number of nitrogens with zero attached hydrogens (tertiary/aromatic N) is 4. The van der Waals surface area contributed by atoms with Crippen LogP contribution in [0.2, 0.25) is 0 Å². The van der Waals surface area contributed by atoms with Crippen LogP contribution in [0.5, 0.6) is 0 Å². The first-order chi connectivity index (χ1) is 9.38. The van der Waals surface area contributed by atoms with Crippen LogP contribution in [0.1, 0.15) is 0 Å². The number of fused-ring (bicyclic) bond motifs is 1. The van der Waals surface area contributed by atoms with Gasteiger partial charge in [-0.3, -0.25) is 0 Å². The molecule has 0 spiro atoms. The number of hydrogen-bond donors (Lipinski definition) is 0. The highest BCUT2D eigenvalue weighted by Gasteiger charge is 2.29. The van der Waals surface area contributed by atoms with Crippen LogP contribution in [0.4, 0.5) is 5.13 Å². The quantitative estimate of drug-likeness (QED) is 0.733. The Hall–Kier alpha value is -1.88. The van der Waals surface area contributed by atoms with Crippen LogP contribution in [-0.4, -0.2) is 27.6 Å². The molecular weight excluding hydrogens is 256 g/mol. The number of benzene rings is 1. The molecule has 0 aliphatic carbocycles. The molecule has 1 saturated heterocycles. The van der Waals surface area contributed by atoms with Gasteiger partial charge in [0.05, 0.1) is 16.5 Å². The minimum atomic E-state index is 0.709. The van der Waals surface area contributed by atoms with E-state index in [-0.39, 0.29) is 0 Å². The van der Waals surface area contributed by atoms with Crippen molar-refractivity contribution in [3.05, 3.63) is 43.0 Å². The number of thiazole rings is 1. The van der Waals surface area contributed by atoms with Crippen molar-refractivity contribution in [3.8, 4) is 0 Å². The predicted molar refractivity (Wildman–Crippen MR) is 77.6 cm³/mol. The normalized spacial score (nSPS) is 15.9. The summed E-state index contributed by atoms with van der Waals surface area (Å²) >= 11 is 1.79. The standard InChI is InChI=1S/C14H14N4S/c1-2-4-13-12(3-1)16-14(19-13)18-8-11(9-18)7-17-6-5-15-10-17/h1-6,10-11H,7-9H2. The number of para-hydroxylation sites is 1. The average molecular weight is 270 g/mol. The molecule has 1 aliphatic heterocycles. The predicted octanol–water partition coefficient (Wildman–Crippen LogP) is 2.63. The number of imidazole rings is 1. The maximum Gasteiger partial charge on any atom is 0.186 e. The second-order valence-electron chi connectivity index (χ2n) is 4.99. The van der Waals surface area contributed by atoms with E-state index in [2.05, 4.69) is 32.7 Å². The van der Waals surface area contributed by atoms with Crippen molar-refractivity contribution in [2.24, 2.45) is 5.92 Å². The summed E-state index contributed by atoms with van der Waals surface area (Å²) in [5, 5.41) is 1.16. The molecule has 1 aromatic carbocycles. The maximum absolute atomic E-state index is 4.69. The summed E-state index contributed by atoms with van der Waals surface area (Å²) in [5.41, 5.74) is 1.11. The Morgan fingerprint density at radius 2 is 2.16 bits per heavy atom. The van der Waals surface area contributed by atoms with Crippen molar-refractivity contribution in [1.82, 2.24) is 14.5 Å². The third kappa shape index (κ3) is 2.00. The highest BCUT2D eigenvalue weighted by atomic mass is 32.1. The van der Waals surface area contributed by atoms with Crippen LogP contribution in [0, 0.1) is 5.92 Å². The molecule has 2 aromatic heterocycles. The van der Waals surface area contributed by atoms with Crippen LogP contribution in [-0.2, 0) is 6.54 Å². The van der Waals surface area contributed by atoms with Gasteiger partial charge in [0, 0.05) is 37.9 Å². The summed E-state index contributed by atoms with van der Waals surface area (Å²) in [6.45, 7) is 3.25. The number of anilines is 1. The van der Waals surface area contributed by atoms with E-state index in [9.17, 15) is 0 Å². The molecule has 0 N–H and O–H groups in total. The maximum atomic E-state index is 4.69. The summed E-state index contributed by atoms with van der Waals surface area (Å²) in [6.07, 6.45) is 5.75. The molecule has 4 nitrogen and oxygen atoms in total. The minimum Gasteiger partial charge on any atom is -0.347 e. The summed E-state index contributed by atoms with van der Waals surface area (Å²) < 4.78 is 3.43. The SMILES string of the molecule is c1ccc2sc(N3CC(Cn4ccnc4)C3)nc2c1. The van der Waals surface area contributed by atoms with Gasteiger partial charge in [0.1, 0.15) is 0 Å². The molecule has 0 amide bonds. The molecule has 0 bridgehead atoms. The van der Waals surface area contributed by atoms with Gasteiger partial charge in [-0.1, -0.05) is 23.5 Å². The van der Waals surface area contributed by atoms with Crippen LogP contribution in [0.3, 0.4) is 0 Å². The molecule has 4 rings (SSSR count). The molecule has 0 saturated carbocycles. The smallest absolute Gasteiger partial charge is 0.186 e. The lowest BCUT2D eigenvalue weighted by Gasteiger charge is -2.39. The van der Waals surface area contributed by atoms with Crippen LogP contribution >= 0.6 is 11.3 Å². The van der Waals surface area contributed by atoms with Gasteiger partial charge in [-0.2, -0.15) is 0 Å². The molecule has 1 aliphatic rings. The van der Waals surface area contributed by atoms with Crippen molar-refractivity contribution < 1.29 is 0 Å². The van der Waals surface area contributed by atoms with Crippen LogP contribution in [0.25, 0.3) is 10.2 Å². The topological polar surface area (TPSA) is 34.0 Å². The average Bonchev–Trinajstić information content (AvgIpc) is 3.01. The number of rotatable bonds is 3. The Morgan fingerprint density at radius 1 is 1.26 bits per heavy atom. The van der Waals surface area contributed by atoms with E-state index in [1.165, 1.54) is 4.70 Å². The second kappa shape index (κ2) is 4.35. The minimum absolute atomic E-state index is 0.709. The van der Waals surface area contributed by atoms with E-state index in [4.69, 9.17) is 4.98 Å². The Bertz CT molecular complexity index is 649. The first-order valence-corrected chi connectivity index (χ1v) is 7.26.